The molecular weight excluding hydrogens is 242 g/mol. The second kappa shape index (κ2) is 9.77. The molecule has 0 heterocycles. The zero-order valence-corrected chi connectivity index (χ0v) is 13.5. The Morgan fingerprint density at radius 3 is 2.45 bits per heavy atom. The highest BCUT2D eigenvalue weighted by atomic mass is 14.9. The number of hydrogen-bond donors (Lipinski definition) is 1. The van der Waals surface area contributed by atoms with E-state index in [0.717, 1.165) is 13.0 Å². The highest BCUT2D eigenvalue weighted by Crippen LogP contribution is 2.26. The van der Waals surface area contributed by atoms with Crippen molar-refractivity contribution >= 4 is 0 Å². The monoisotopic (exact) mass is 273 g/mol. The lowest BCUT2D eigenvalue weighted by atomic mass is 9.92. The number of aryl methyl sites for hydroxylation is 2. The first-order chi connectivity index (χ1) is 9.70. The van der Waals surface area contributed by atoms with Crippen molar-refractivity contribution in [3.05, 3.63) is 47.5 Å². The van der Waals surface area contributed by atoms with Crippen molar-refractivity contribution in [2.45, 2.75) is 65.3 Å². The Hall–Kier alpha value is -1.08. The molecule has 0 bridgehead atoms. The predicted molar refractivity (Wildman–Crippen MR) is 90.2 cm³/mol. The van der Waals surface area contributed by atoms with E-state index < -0.39 is 0 Å². The molecule has 0 aromatic heterocycles. The Morgan fingerprint density at radius 1 is 1.15 bits per heavy atom. The average Bonchev–Trinajstić information content (AvgIpc) is 2.43. The van der Waals surface area contributed by atoms with Crippen LogP contribution in [0.1, 0.15) is 68.2 Å². The van der Waals surface area contributed by atoms with E-state index in [1.807, 2.05) is 6.08 Å². The molecule has 0 fully saturated rings. The first kappa shape index (κ1) is 17.0. The Bertz CT molecular complexity index is 375. The van der Waals surface area contributed by atoms with Crippen LogP contribution in [0.15, 0.2) is 30.9 Å². The number of allylic oxidation sites excluding steroid dienone is 1. The minimum atomic E-state index is 0.514. The Labute approximate surface area is 125 Å². The summed E-state index contributed by atoms with van der Waals surface area (Å²) >= 11 is 0. The van der Waals surface area contributed by atoms with Gasteiger partial charge in [-0.2, -0.15) is 0 Å². The third-order valence-corrected chi connectivity index (χ3v) is 3.93. The molecule has 20 heavy (non-hydrogen) atoms. The van der Waals surface area contributed by atoms with Crippen LogP contribution in [-0.2, 0) is 0 Å². The standard InChI is InChI=1S/C19H31N/c1-5-7-8-9-10-14-18(20-15-6-2)19-16(3)12-11-13-17(19)4/h5,11-13,18,20H,1,6-10,14-15H2,2-4H3. The van der Waals surface area contributed by atoms with Gasteiger partial charge in [0.2, 0.25) is 0 Å². The Morgan fingerprint density at radius 2 is 1.85 bits per heavy atom. The number of hydrogen-bond acceptors (Lipinski definition) is 1. The minimum Gasteiger partial charge on any atom is -0.310 e. The lowest BCUT2D eigenvalue weighted by molar-refractivity contribution is 0.469. The van der Waals surface area contributed by atoms with E-state index in [4.69, 9.17) is 0 Å². The maximum absolute atomic E-state index is 3.79. The van der Waals surface area contributed by atoms with Gasteiger partial charge in [0, 0.05) is 6.04 Å². The number of benzene rings is 1. The van der Waals surface area contributed by atoms with Crippen LogP contribution in [0.4, 0.5) is 0 Å². The summed E-state index contributed by atoms with van der Waals surface area (Å²) in [5, 5.41) is 3.74. The van der Waals surface area contributed by atoms with Gasteiger partial charge in [-0.3, -0.25) is 0 Å². The molecule has 0 aliphatic rings. The second-order valence-corrected chi connectivity index (χ2v) is 5.74. The van der Waals surface area contributed by atoms with E-state index in [1.165, 1.54) is 48.8 Å². The van der Waals surface area contributed by atoms with Crippen molar-refractivity contribution in [2.24, 2.45) is 0 Å². The molecule has 0 saturated heterocycles. The molecule has 1 aromatic rings. The van der Waals surface area contributed by atoms with Crippen LogP contribution in [0.2, 0.25) is 0 Å². The van der Waals surface area contributed by atoms with Crippen molar-refractivity contribution in [3.63, 3.8) is 0 Å². The van der Waals surface area contributed by atoms with Gasteiger partial charge in [-0.1, -0.05) is 44.0 Å². The van der Waals surface area contributed by atoms with Crippen LogP contribution in [-0.4, -0.2) is 6.54 Å². The van der Waals surface area contributed by atoms with Gasteiger partial charge >= 0.3 is 0 Å². The summed E-state index contributed by atoms with van der Waals surface area (Å²) in [6.45, 7) is 11.6. The molecule has 1 aromatic carbocycles. The first-order valence-electron chi connectivity index (χ1n) is 8.11. The highest BCUT2D eigenvalue weighted by molar-refractivity contribution is 5.36. The average molecular weight is 273 g/mol. The number of rotatable bonds is 10. The van der Waals surface area contributed by atoms with Gasteiger partial charge in [-0.15, -0.1) is 6.58 Å². The zero-order chi connectivity index (χ0) is 14.8. The molecule has 0 saturated carbocycles. The van der Waals surface area contributed by atoms with E-state index in [-0.39, 0.29) is 0 Å². The number of unbranched alkanes of at least 4 members (excludes halogenated alkanes) is 3. The van der Waals surface area contributed by atoms with Gasteiger partial charge in [0.15, 0.2) is 0 Å². The summed E-state index contributed by atoms with van der Waals surface area (Å²) in [5.74, 6) is 0. The topological polar surface area (TPSA) is 12.0 Å². The quantitative estimate of drug-likeness (QED) is 0.439. The summed E-state index contributed by atoms with van der Waals surface area (Å²) in [7, 11) is 0. The van der Waals surface area contributed by atoms with Crippen LogP contribution >= 0.6 is 0 Å². The van der Waals surface area contributed by atoms with E-state index in [1.54, 1.807) is 0 Å². The fourth-order valence-electron chi connectivity index (χ4n) is 2.86. The molecule has 0 radical (unpaired) electrons. The molecule has 0 aliphatic heterocycles. The minimum absolute atomic E-state index is 0.514. The maximum Gasteiger partial charge on any atom is 0.0325 e. The summed E-state index contributed by atoms with van der Waals surface area (Å²) in [6.07, 6.45) is 9.48. The predicted octanol–water partition coefficient (Wildman–Crippen LogP) is 5.48. The highest BCUT2D eigenvalue weighted by Gasteiger charge is 2.14. The maximum atomic E-state index is 3.79. The number of nitrogens with one attached hydrogen (secondary N) is 1. The second-order valence-electron chi connectivity index (χ2n) is 5.74. The molecule has 112 valence electrons. The van der Waals surface area contributed by atoms with Crippen molar-refractivity contribution < 1.29 is 0 Å². The molecule has 1 N–H and O–H groups in total. The fraction of sp³-hybridized carbons (Fsp3) is 0.579. The largest absolute Gasteiger partial charge is 0.310 e. The Balaban J connectivity index is 2.65. The lowest BCUT2D eigenvalue weighted by Gasteiger charge is -2.23. The lowest BCUT2D eigenvalue weighted by Crippen LogP contribution is -2.23. The third-order valence-electron chi connectivity index (χ3n) is 3.93. The van der Waals surface area contributed by atoms with Crippen LogP contribution in [0, 0.1) is 13.8 Å². The molecule has 0 spiro atoms. The van der Waals surface area contributed by atoms with E-state index in [0.29, 0.717) is 6.04 Å². The summed E-state index contributed by atoms with van der Waals surface area (Å²) in [4.78, 5) is 0. The van der Waals surface area contributed by atoms with Gasteiger partial charge in [-0.05, 0) is 62.8 Å². The summed E-state index contributed by atoms with van der Waals surface area (Å²) in [5.41, 5.74) is 4.36. The molecule has 1 atom stereocenters. The summed E-state index contributed by atoms with van der Waals surface area (Å²) < 4.78 is 0. The van der Waals surface area contributed by atoms with Crippen LogP contribution in [0.25, 0.3) is 0 Å². The van der Waals surface area contributed by atoms with Crippen molar-refractivity contribution in [3.8, 4) is 0 Å². The van der Waals surface area contributed by atoms with Gasteiger partial charge < -0.3 is 5.32 Å². The van der Waals surface area contributed by atoms with Crippen LogP contribution in [0.5, 0.6) is 0 Å². The molecule has 1 rings (SSSR count). The molecular formula is C19H31N. The van der Waals surface area contributed by atoms with E-state index in [9.17, 15) is 0 Å². The SMILES string of the molecule is C=CCCCCCC(NCCC)c1c(C)cccc1C. The zero-order valence-electron chi connectivity index (χ0n) is 13.5. The van der Waals surface area contributed by atoms with E-state index >= 15 is 0 Å². The molecule has 0 amide bonds. The third kappa shape index (κ3) is 5.50. The molecule has 1 unspecified atom stereocenters. The summed E-state index contributed by atoms with van der Waals surface area (Å²) in [6, 6.07) is 7.15. The normalized spacial score (nSPS) is 12.3. The van der Waals surface area contributed by atoms with Gasteiger partial charge in [0.25, 0.3) is 0 Å². The van der Waals surface area contributed by atoms with Crippen molar-refractivity contribution in [1.82, 2.24) is 5.32 Å². The Kier molecular flexibility index (Phi) is 8.29. The molecule has 0 aliphatic carbocycles. The first-order valence-corrected chi connectivity index (χ1v) is 8.11. The smallest absolute Gasteiger partial charge is 0.0325 e. The van der Waals surface area contributed by atoms with Gasteiger partial charge in [0.05, 0.1) is 0 Å². The van der Waals surface area contributed by atoms with Crippen molar-refractivity contribution in [1.29, 1.82) is 0 Å². The van der Waals surface area contributed by atoms with Crippen molar-refractivity contribution in [2.75, 3.05) is 6.54 Å². The molecule has 1 heteroatoms. The van der Waals surface area contributed by atoms with Gasteiger partial charge in [-0.25, -0.2) is 0 Å². The van der Waals surface area contributed by atoms with E-state index in [2.05, 4.69) is 50.9 Å². The van der Waals surface area contributed by atoms with Gasteiger partial charge in [0.1, 0.15) is 0 Å². The fourth-order valence-corrected chi connectivity index (χ4v) is 2.86. The van der Waals surface area contributed by atoms with Crippen LogP contribution < -0.4 is 5.32 Å². The van der Waals surface area contributed by atoms with Crippen LogP contribution in [0.3, 0.4) is 0 Å². The molecule has 1 nitrogen and oxygen atoms in total.